The third kappa shape index (κ3) is 7.98. The van der Waals surface area contributed by atoms with Gasteiger partial charge in [-0.2, -0.15) is 0 Å². The third-order valence-electron chi connectivity index (χ3n) is 5.44. The van der Waals surface area contributed by atoms with E-state index in [1.807, 2.05) is 36.4 Å². The van der Waals surface area contributed by atoms with Gasteiger partial charge in [0, 0.05) is 13.3 Å². The average molecular weight is 490 g/mol. The summed E-state index contributed by atoms with van der Waals surface area (Å²) in [5.74, 6) is -1.96. The number of rotatable bonds is 12. The predicted octanol–water partition coefficient (Wildman–Crippen LogP) is 3.95. The van der Waals surface area contributed by atoms with Crippen LogP contribution in [0.5, 0.6) is 5.75 Å². The van der Waals surface area contributed by atoms with Crippen LogP contribution in [0, 0.1) is 5.92 Å². The van der Waals surface area contributed by atoms with Crippen LogP contribution in [0.4, 0.5) is 0 Å². The second kappa shape index (κ2) is 12.3. The van der Waals surface area contributed by atoms with Crippen molar-refractivity contribution >= 4 is 33.8 Å². The Morgan fingerprint density at radius 2 is 1.88 bits per heavy atom. The summed E-state index contributed by atoms with van der Waals surface area (Å²) in [5.41, 5.74) is 1.35. The average Bonchev–Trinajstić information content (AvgIpc) is 2.76. The van der Waals surface area contributed by atoms with Crippen LogP contribution in [0.1, 0.15) is 51.0 Å². The molecule has 9 heteroatoms. The van der Waals surface area contributed by atoms with Gasteiger partial charge in [0.25, 0.3) is 0 Å². The van der Waals surface area contributed by atoms with Gasteiger partial charge in [-0.1, -0.05) is 36.8 Å². The third-order valence-corrected chi connectivity index (χ3v) is 6.58. The molecular formula is C25H31NO7S. The largest absolute Gasteiger partial charge is 0.497 e. The number of hydrogen-bond acceptors (Lipinski definition) is 6. The van der Waals surface area contributed by atoms with Gasteiger partial charge >= 0.3 is 5.97 Å². The summed E-state index contributed by atoms with van der Waals surface area (Å²) in [7, 11) is -2.25. The number of Topliss-reactive ketones (excluding diaryl/α,β-unsaturated/α-hetero) is 1. The summed E-state index contributed by atoms with van der Waals surface area (Å²) in [5, 5.41) is 9.64. The first-order valence-corrected chi connectivity index (χ1v) is 12.9. The van der Waals surface area contributed by atoms with Crippen molar-refractivity contribution in [2.75, 3.05) is 13.4 Å². The molecule has 1 unspecified atom stereocenters. The molecule has 0 fully saturated rings. The van der Waals surface area contributed by atoms with Crippen molar-refractivity contribution in [2.24, 2.45) is 5.92 Å². The van der Waals surface area contributed by atoms with E-state index in [0.29, 0.717) is 17.1 Å². The molecule has 0 spiro atoms. The lowest BCUT2D eigenvalue weighted by molar-refractivity contribution is -0.142. The number of carbonyl (C=O) groups is 3. The lowest BCUT2D eigenvalue weighted by Gasteiger charge is -2.23. The van der Waals surface area contributed by atoms with Crippen LogP contribution in [0.3, 0.4) is 0 Å². The van der Waals surface area contributed by atoms with E-state index in [9.17, 15) is 27.9 Å². The van der Waals surface area contributed by atoms with E-state index < -0.39 is 27.8 Å². The van der Waals surface area contributed by atoms with E-state index in [-0.39, 0.29) is 29.9 Å². The summed E-state index contributed by atoms with van der Waals surface area (Å²) >= 11 is 0. The molecule has 8 nitrogen and oxygen atoms in total. The Bertz CT molecular complexity index is 1100. The number of hydrogen-bond donors (Lipinski definition) is 1. The minimum atomic E-state index is -3.87. The van der Waals surface area contributed by atoms with Crippen LogP contribution in [0.2, 0.25) is 0 Å². The van der Waals surface area contributed by atoms with E-state index in [1.54, 1.807) is 7.11 Å². The number of carboxylic acids is 1. The molecule has 184 valence electrons. The lowest BCUT2D eigenvalue weighted by atomic mass is 9.89. The number of unbranched alkanes of at least 4 members (excludes halogenated alkanes) is 2. The Kier molecular flexibility index (Phi) is 9.80. The topological polar surface area (TPSA) is 118 Å². The first kappa shape index (κ1) is 27.0. The fraction of sp³-hybridized carbons (Fsp3) is 0.400. The monoisotopic (exact) mass is 489 g/mol. The summed E-state index contributed by atoms with van der Waals surface area (Å²) in [6.07, 6.45) is 10.2. The van der Waals surface area contributed by atoms with E-state index >= 15 is 0 Å². The zero-order valence-electron chi connectivity index (χ0n) is 19.7. The van der Waals surface area contributed by atoms with Crippen molar-refractivity contribution < 1.29 is 32.6 Å². The zero-order chi connectivity index (χ0) is 25.3. The minimum Gasteiger partial charge on any atom is -0.497 e. The van der Waals surface area contributed by atoms with Crippen LogP contribution < -0.4 is 4.74 Å². The maximum Gasteiger partial charge on any atom is 0.306 e. The number of carbonyl (C=O) groups excluding carboxylic acids is 2. The molecule has 1 N–H and O–H groups in total. The second-order valence-electron chi connectivity index (χ2n) is 8.17. The number of aliphatic carboxylic acids is 1. The van der Waals surface area contributed by atoms with Gasteiger partial charge in [0.2, 0.25) is 15.9 Å². The highest BCUT2D eigenvalue weighted by Crippen LogP contribution is 2.27. The molecule has 0 heterocycles. The van der Waals surface area contributed by atoms with Gasteiger partial charge in [-0.05, 0) is 55.0 Å². The van der Waals surface area contributed by atoms with Crippen molar-refractivity contribution in [3.05, 3.63) is 59.3 Å². The molecule has 0 aromatic heterocycles. The first-order valence-electron chi connectivity index (χ1n) is 11.0. The molecule has 0 saturated heterocycles. The molecule has 1 aliphatic rings. The molecule has 1 aliphatic carbocycles. The smallest absolute Gasteiger partial charge is 0.306 e. The predicted molar refractivity (Wildman–Crippen MR) is 129 cm³/mol. The van der Waals surface area contributed by atoms with Gasteiger partial charge in [0.05, 0.1) is 25.0 Å². The van der Waals surface area contributed by atoms with E-state index in [4.69, 9.17) is 4.74 Å². The Balaban J connectivity index is 1.95. The van der Waals surface area contributed by atoms with Crippen molar-refractivity contribution in [3.8, 4) is 5.75 Å². The molecule has 0 saturated carbocycles. The van der Waals surface area contributed by atoms with Crippen LogP contribution in [0.25, 0.3) is 6.08 Å². The number of allylic oxidation sites excluding steroid dienone is 4. The Hall–Kier alpha value is -3.20. The Morgan fingerprint density at radius 3 is 2.44 bits per heavy atom. The maximum atomic E-state index is 12.4. The van der Waals surface area contributed by atoms with Crippen LogP contribution in [-0.2, 0) is 24.4 Å². The van der Waals surface area contributed by atoms with Crippen molar-refractivity contribution in [3.63, 3.8) is 0 Å². The van der Waals surface area contributed by atoms with Gasteiger partial charge in [-0.3, -0.25) is 14.4 Å². The van der Waals surface area contributed by atoms with Gasteiger partial charge in [-0.15, -0.1) is 0 Å². The highest BCUT2D eigenvalue weighted by Gasteiger charge is 2.28. The van der Waals surface area contributed by atoms with Crippen molar-refractivity contribution in [1.29, 1.82) is 0 Å². The van der Waals surface area contributed by atoms with Crippen LogP contribution in [0.15, 0.2) is 53.8 Å². The number of ketones is 1. The summed E-state index contributed by atoms with van der Waals surface area (Å²) in [6, 6.07) is 7.66. The molecule has 34 heavy (non-hydrogen) atoms. The minimum absolute atomic E-state index is 0.0112. The van der Waals surface area contributed by atoms with E-state index in [0.717, 1.165) is 37.3 Å². The molecule has 2 rings (SSSR count). The number of benzene rings is 1. The van der Waals surface area contributed by atoms with Crippen LogP contribution in [-0.4, -0.2) is 48.9 Å². The Labute approximate surface area is 200 Å². The molecular weight excluding hydrogens is 458 g/mol. The first-order chi connectivity index (χ1) is 16.0. The summed E-state index contributed by atoms with van der Waals surface area (Å²) in [6.45, 7) is 1.12. The number of amides is 1. The normalized spacial score (nSPS) is 15.0. The van der Waals surface area contributed by atoms with Crippen molar-refractivity contribution in [1.82, 2.24) is 4.31 Å². The number of nitrogens with zero attached hydrogens (tertiary/aromatic N) is 1. The molecule has 0 radical (unpaired) electrons. The standard InChI is InChI=1S/C25H31NO7S/c1-18(27)26(34(3,31)32)22-12-15-24(28)21(17-22)16-20(25(29)30)9-7-5-4-6-8-19-10-13-23(33-2)14-11-19/h6,8,10-14,17,20H,4-5,7,9,15-16H2,1-3H3,(H,29,30)/b8-6+. The maximum absolute atomic E-state index is 12.4. The molecule has 0 aliphatic heterocycles. The highest BCUT2D eigenvalue weighted by molar-refractivity contribution is 7.89. The quantitative estimate of drug-likeness (QED) is 0.442. The lowest BCUT2D eigenvalue weighted by Crippen LogP contribution is -2.34. The summed E-state index contributed by atoms with van der Waals surface area (Å²) in [4.78, 5) is 36.0. The van der Waals surface area contributed by atoms with Gasteiger partial charge in [0.15, 0.2) is 5.78 Å². The molecule has 0 bridgehead atoms. The fourth-order valence-electron chi connectivity index (χ4n) is 3.73. The molecule has 1 amide bonds. The molecule has 1 aromatic carbocycles. The molecule has 1 atom stereocenters. The fourth-order valence-corrected chi connectivity index (χ4v) is 4.71. The number of methoxy groups -OCH3 is 1. The summed E-state index contributed by atoms with van der Waals surface area (Å²) < 4.78 is 29.7. The van der Waals surface area contributed by atoms with Gasteiger partial charge in [-0.25, -0.2) is 12.7 Å². The highest BCUT2D eigenvalue weighted by atomic mass is 32.2. The van der Waals surface area contributed by atoms with Gasteiger partial charge < -0.3 is 9.84 Å². The number of sulfonamides is 1. The Morgan fingerprint density at radius 1 is 1.21 bits per heavy atom. The van der Waals surface area contributed by atoms with Crippen molar-refractivity contribution in [2.45, 2.75) is 45.4 Å². The van der Waals surface area contributed by atoms with Crippen LogP contribution >= 0.6 is 0 Å². The number of carboxylic acid groups (broad SMARTS) is 1. The number of ether oxygens (including phenoxy) is 1. The SMILES string of the molecule is COc1ccc(/C=C/CCCCC(CC2=CC(N(C(C)=O)S(C)(=O)=O)=CCC2=O)C(=O)O)cc1. The zero-order valence-corrected chi connectivity index (χ0v) is 20.5. The van der Waals surface area contributed by atoms with E-state index in [1.165, 1.54) is 12.2 Å². The van der Waals surface area contributed by atoms with E-state index in [2.05, 4.69) is 0 Å². The second-order valence-corrected chi connectivity index (χ2v) is 10.0. The van der Waals surface area contributed by atoms with Gasteiger partial charge in [0.1, 0.15) is 5.75 Å². The molecule has 1 aromatic rings.